The fourth-order valence-corrected chi connectivity index (χ4v) is 2.40. The Hall–Kier alpha value is -1.32. The highest BCUT2D eigenvalue weighted by molar-refractivity contribution is 5.29. The summed E-state index contributed by atoms with van der Waals surface area (Å²) < 4.78 is 1.86. The molecule has 1 heterocycles. The van der Waals surface area contributed by atoms with Gasteiger partial charge in [-0.15, -0.1) is 0 Å². The van der Waals surface area contributed by atoms with Crippen LogP contribution in [0.4, 0.5) is 5.82 Å². The SMILES string of the molecule is Cc1cc([N+](=O)[O-])n(C2CCCCC2)c1. The first-order valence-electron chi connectivity index (χ1n) is 5.51. The molecule has 0 N–H and O–H groups in total. The average molecular weight is 208 g/mol. The number of hydrogen-bond donors (Lipinski definition) is 0. The normalized spacial score (nSPS) is 17.9. The molecule has 0 radical (unpaired) electrons. The maximum absolute atomic E-state index is 10.9. The van der Waals surface area contributed by atoms with Gasteiger partial charge in [-0.3, -0.25) is 0 Å². The second-order valence-corrected chi connectivity index (χ2v) is 4.33. The lowest BCUT2D eigenvalue weighted by Crippen LogP contribution is -2.13. The van der Waals surface area contributed by atoms with E-state index in [-0.39, 0.29) is 10.7 Å². The lowest BCUT2D eigenvalue weighted by Gasteiger charge is -2.19. The molecule has 1 aliphatic carbocycles. The average Bonchev–Trinajstić information content (AvgIpc) is 2.62. The topological polar surface area (TPSA) is 48.1 Å². The molecule has 0 aromatic carbocycles. The first-order chi connectivity index (χ1) is 7.18. The van der Waals surface area contributed by atoms with Crippen LogP contribution in [-0.2, 0) is 0 Å². The van der Waals surface area contributed by atoms with E-state index in [2.05, 4.69) is 0 Å². The number of aromatic nitrogens is 1. The van der Waals surface area contributed by atoms with Crippen molar-refractivity contribution in [2.24, 2.45) is 0 Å². The van der Waals surface area contributed by atoms with Crippen molar-refractivity contribution in [2.45, 2.75) is 45.1 Å². The number of nitro groups is 1. The maximum Gasteiger partial charge on any atom is 0.323 e. The van der Waals surface area contributed by atoms with Crippen molar-refractivity contribution in [3.63, 3.8) is 0 Å². The summed E-state index contributed by atoms with van der Waals surface area (Å²) in [6.45, 7) is 1.91. The molecule has 0 atom stereocenters. The molecule has 0 amide bonds. The molecule has 1 saturated carbocycles. The summed E-state index contributed by atoms with van der Waals surface area (Å²) in [6.07, 6.45) is 7.72. The second kappa shape index (κ2) is 4.04. The van der Waals surface area contributed by atoms with Crippen LogP contribution < -0.4 is 0 Å². The minimum absolute atomic E-state index is 0.249. The van der Waals surface area contributed by atoms with Crippen molar-refractivity contribution < 1.29 is 4.92 Å². The highest BCUT2D eigenvalue weighted by atomic mass is 16.6. The zero-order valence-electron chi connectivity index (χ0n) is 8.98. The quantitative estimate of drug-likeness (QED) is 0.553. The van der Waals surface area contributed by atoms with E-state index < -0.39 is 0 Å². The first kappa shape index (κ1) is 10.2. The molecule has 0 saturated heterocycles. The van der Waals surface area contributed by atoms with Crippen LogP contribution in [-0.4, -0.2) is 9.49 Å². The molecule has 1 aliphatic rings. The van der Waals surface area contributed by atoms with Crippen LogP contribution in [0.1, 0.15) is 43.7 Å². The second-order valence-electron chi connectivity index (χ2n) is 4.33. The molecule has 15 heavy (non-hydrogen) atoms. The summed E-state index contributed by atoms with van der Waals surface area (Å²) in [5.41, 5.74) is 0.979. The van der Waals surface area contributed by atoms with Gasteiger partial charge in [-0.25, -0.2) is 4.57 Å². The Morgan fingerprint density at radius 2 is 2.07 bits per heavy atom. The van der Waals surface area contributed by atoms with Gasteiger partial charge < -0.3 is 10.1 Å². The highest BCUT2D eigenvalue weighted by Gasteiger charge is 2.24. The van der Waals surface area contributed by atoms with E-state index >= 15 is 0 Å². The van der Waals surface area contributed by atoms with Gasteiger partial charge in [-0.2, -0.15) is 0 Å². The summed E-state index contributed by atoms with van der Waals surface area (Å²) in [5, 5.41) is 10.9. The molecule has 0 spiro atoms. The number of aryl methyl sites for hydroxylation is 1. The third kappa shape index (κ3) is 2.03. The van der Waals surface area contributed by atoms with Crippen LogP contribution >= 0.6 is 0 Å². The van der Waals surface area contributed by atoms with Crippen molar-refractivity contribution in [1.82, 2.24) is 4.57 Å². The van der Waals surface area contributed by atoms with Crippen LogP contribution in [0, 0.1) is 17.0 Å². The third-order valence-electron chi connectivity index (χ3n) is 3.12. The van der Waals surface area contributed by atoms with Gasteiger partial charge in [0.25, 0.3) is 0 Å². The third-order valence-corrected chi connectivity index (χ3v) is 3.12. The fourth-order valence-electron chi connectivity index (χ4n) is 2.40. The van der Waals surface area contributed by atoms with E-state index in [1.165, 1.54) is 19.3 Å². The lowest BCUT2D eigenvalue weighted by atomic mass is 9.95. The van der Waals surface area contributed by atoms with Gasteiger partial charge in [-0.1, -0.05) is 6.42 Å². The smallest absolute Gasteiger partial charge is 0.323 e. The van der Waals surface area contributed by atoms with Gasteiger partial charge >= 0.3 is 5.82 Å². The Kier molecular flexibility index (Phi) is 2.75. The first-order valence-corrected chi connectivity index (χ1v) is 5.51. The van der Waals surface area contributed by atoms with Crippen molar-refractivity contribution in [2.75, 3.05) is 0 Å². The van der Waals surface area contributed by atoms with E-state index in [4.69, 9.17) is 0 Å². The summed E-state index contributed by atoms with van der Waals surface area (Å²) in [6, 6.07) is 2.00. The largest absolute Gasteiger partial charge is 0.358 e. The Balaban J connectivity index is 2.28. The van der Waals surface area contributed by atoms with Gasteiger partial charge in [0, 0.05) is 6.07 Å². The fraction of sp³-hybridized carbons (Fsp3) is 0.636. The maximum atomic E-state index is 10.9. The van der Waals surface area contributed by atoms with E-state index in [9.17, 15) is 10.1 Å². The number of rotatable bonds is 2. The van der Waals surface area contributed by atoms with Crippen LogP contribution in [0.25, 0.3) is 0 Å². The van der Waals surface area contributed by atoms with Gasteiger partial charge in [0.05, 0.1) is 6.20 Å². The summed E-state index contributed by atoms with van der Waals surface area (Å²) in [7, 11) is 0. The minimum Gasteiger partial charge on any atom is -0.358 e. The van der Waals surface area contributed by atoms with E-state index in [0.717, 1.165) is 18.4 Å². The molecule has 0 aliphatic heterocycles. The van der Waals surface area contributed by atoms with E-state index in [1.807, 2.05) is 17.7 Å². The Morgan fingerprint density at radius 3 is 2.67 bits per heavy atom. The van der Waals surface area contributed by atoms with Crippen LogP contribution in [0.2, 0.25) is 0 Å². The molecule has 0 bridgehead atoms. The summed E-state index contributed by atoms with van der Waals surface area (Å²) in [4.78, 5) is 10.6. The van der Waals surface area contributed by atoms with Gasteiger partial charge in [0.2, 0.25) is 0 Å². The molecule has 4 nitrogen and oxygen atoms in total. The minimum atomic E-state index is -0.276. The van der Waals surface area contributed by atoms with Crippen LogP contribution in [0.5, 0.6) is 0 Å². The molecule has 1 fully saturated rings. The van der Waals surface area contributed by atoms with E-state index in [1.54, 1.807) is 6.07 Å². The molecule has 4 heteroatoms. The molecular formula is C11H16N2O2. The van der Waals surface area contributed by atoms with Crippen molar-refractivity contribution in [3.05, 3.63) is 27.9 Å². The highest BCUT2D eigenvalue weighted by Crippen LogP contribution is 2.32. The Labute approximate surface area is 89.1 Å². The molecular weight excluding hydrogens is 192 g/mol. The summed E-state index contributed by atoms with van der Waals surface area (Å²) in [5.74, 6) is 0.249. The molecule has 82 valence electrons. The molecule has 1 aromatic rings. The standard InChI is InChI=1S/C11H16N2O2/c1-9-7-11(13(14)15)12(8-9)10-5-3-2-4-6-10/h7-8,10H,2-6H2,1H3. The van der Waals surface area contributed by atoms with Crippen LogP contribution in [0.3, 0.4) is 0 Å². The lowest BCUT2D eigenvalue weighted by molar-refractivity contribution is -0.392. The van der Waals surface area contributed by atoms with Gasteiger partial charge in [-0.05, 0) is 43.1 Å². The molecule has 2 rings (SSSR count). The van der Waals surface area contributed by atoms with Gasteiger partial charge in [0.15, 0.2) is 0 Å². The predicted octanol–water partition coefficient (Wildman–Crippen LogP) is 3.21. The number of hydrogen-bond acceptors (Lipinski definition) is 2. The van der Waals surface area contributed by atoms with Gasteiger partial charge in [0.1, 0.15) is 6.04 Å². The number of nitrogens with zero attached hydrogens (tertiary/aromatic N) is 2. The molecule has 1 aromatic heterocycles. The molecule has 0 unspecified atom stereocenters. The predicted molar refractivity (Wildman–Crippen MR) is 57.9 cm³/mol. The summed E-state index contributed by atoms with van der Waals surface area (Å²) >= 11 is 0. The van der Waals surface area contributed by atoms with Crippen LogP contribution in [0.15, 0.2) is 12.3 Å². The Morgan fingerprint density at radius 1 is 1.40 bits per heavy atom. The zero-order chi connectivity index (χ0) is 10.8. The zero-order valence-corrected chi connectivity index (χ0v) is 8.98. The van der Waals surface area contributed by atoms with Crippen molar-refractivity contribution >= 4 is 5.82 Å². The monoisotopic (exact) mass is 208 g/mol. The van der Waals surface area contributed by atoms with Crippen molar-refractivity contribution in [1.29, 1.82) is 0 Å². The van der Waals surface area contributed by atoms with E-state index in [0.29, 0.717) is 6.04 Å². The van der Waals surface area contributed by atoms with Crippen molar-refractivity contribution in [3.8, 4) is 0 Å². The Bertz CT molecular complexity index is 365.